The Morgan fingerprint density at radius 2 is 1.59 bits per heavy atom. The minimum absolute atomic E-state index is 0.0178. The van der Waals surface area contributed by atoms with E-state index >= 15 is 0 Å². The van der Waals surface area contributed by atoms with Crippen LogP contribution in [0.3, 0.4) is 0 Å². The maximum Gasteiger partial charge on any atom is 0.417 e. The first-order chi connectivity index (χ1) is 17.5. The minimum atomic E-state index is -4.90. The molecule has 0 fully saturated rings. The van der Waals surface area contributed by atoms with Crippen molar-refractivity contribution in [3.63, 3.8) is 0 Å². The molecule has 4 rings (SSSR count). The lowest BCUT2D eigenvalue weighted by Crippen LogP contribution is -2.29. The average molecular weight is 502 g/mol. The van der Waals surface area contributed by atoms with Gasteiger partial charge in [0.2, 0.25) is 5.91 Å². The predicted octanol–water partition coefficient (Wildman–Crippen LogP) is 5.84. The van der Waals surface area contributed by atoms with Crippen molar-refractivity contribution in [3.05, 3.63) is 117 Å². The van der Waals surface area contributed by atoms with Gasteiger partial charge < -0.3 is 10.3 Å². The number of rotatable bonds is 5. The van der Waals surface area contributed by atoms with Crippen LogP contribution in [-0.2, 0) is 12.7 Å². The van der Waals surface area contributed by atoms with Gasteiger partial charge in [0.1, 0.15) is 11.6 Å². The second-order valence-corrected chi connectivity index (χ2v) is 8.77. The van der Waals surface area contributed by atoms with Crippen molar-refractivity contribution in [2.45, 2.75) is 26.6 Å². The maximum atomic E-state index is 13.9. The number of primary amides is 1. The summed E-state index contributed by atoms with van der Waals surface area (Å²) in [5, 5.41) is 9.47. The molecule has 0 aliphatic rings. The van der Waals surface area contributed by atoms with Crippen LogP contribution < -0.4 is 11.3 Å². The van der Waals surface area contributed by atoms with Gasteiger partial charge in [0.25, 0.3) is 5.56 Å². The van der Waals surface area contributed by atoms with E-state index in [2.05, 4.69) is 0 Å². The average Bonchev–Trinajstić information content (AvgIpc) is 2.85. The number of carbonyl (C=O) groups is 1. The fourth-order valence-electron chi connectivity index (χ4n) is 4.28. The first-order valence-electron chi connectivity index (χ1n) is 11.3. The molecule has 4 aromatic rings. The Hall–Kier alpha value is -4.64. The van der Waals surface area contributed by atoms with Crippen molar-refractivity contribution in [2.75, 3.05) is 0 Å². The number of nitrogens with two attached hydrogens (primary N) is 1. The third-order valence-electron chi connectivity index (χ3n) is 6.18. The number of nitriles is 1. The highest BCUT2D eigenvalue weighted by Crippen LogP contribution is 2.35. The number of aryl methyl sites for hydroxylation is 2. The summed E-state index contributed by atoms with van der Waals surface area (Å²) in [5.74, 6) is -0.609. The van der Waals surface area contributed by atoms with Gasteiger partial charge in [-0.2, -0.15) is 18.4 Å². The van der Waals surface area contributed by atoms with E-state index in [0.29, 0.717) is 16.7 Å². The summed E-state index contributed by atoms with van der Waals surface area (Å²) in [6.45, 7) is 3.75. The van der Waals surface area contributed by atoms with Crippen molar-refractivity contribution in [3.8, 4) is 28.5 Å². The summed E-state index contributed by atoms with van der Waals surface area (Å²) in [4.78, 5) is 24.9. The number of benzene rings is 3. The highest BCUT2D eigenvalue weighted by Gasteiger charge is 2.36. The fourth-order valence-corrected chi connectivity index (χ4v) is 4.28. The maximum absolute atomic E-state index is 13.9. The van der Waals surface area contributed by atoms with Crippen molar-refractivity contribution in [1.82, 2.24) is 4.57 Å². The van der Waals surface area contributed by atoms with Gasteiger partial charge >= 0.3 is 6.18 Å². The molecule has 37 heavy (non-hydrogen) atoms. The summed E-state index contributed by atoms with van der Waals surface area (Å²) in [6, 6.07) is 21.1. The number of nitrogens with zero attached hydrogens (tertiary/aromatic N) is 2. The van der Waals surface area contributed by atoms with E-state index in [9.17, 15) is 28.0 Å². The Morgan fingerprint density at radius 3 is 2.22 bits per heavy atom. The molecule has 1 heterocycles. The van der Waals surface area contributed by atoms with Crippen LogP contribution in [0.1, 0.15) is 38.2 Å². The molecule has 0 radical (unpaired) electrons. The van der Waals surface area contributed by atoms with Gasteiger partial charge in [-0.25, -0.2) is 0 Å². The first kappa shape index (κ1) is 25.5. The molecule has 2 N–H and O–H groups in total. The number of carbonyl (C=O) groups excluding carboxylic acids is 1. The monoisotopic (exact) mass is 501 g/mol. The van der Waals surface area contributed by atoms with E-state index in [0.717, 1.165) is 22.8 Å². The normalized spacial score (nSPS) is 11.2. The van der Waals surface area contributed by atoms with E-state index in [1.807, 2.05) is 32.0 Å². The molecule has 8 heteroatoms. The van der Waals surface area contributed by atoms with Gasteiger partial charge in [-0.05, 0) is 65.9 Å². The van der Waals surface area contributed by atoms with Gasteiger partial charge in [0.15, 0.2) is 0 Å². The number of amides is 1. The van der Waals surface area contributed by atoms with E-state index in [-0.39, 0.29) is 17.8 Å². The highest BCUT2D eigenvalue weighted by atomic mass is 19.4. The molecule has 0 saturated carbocycles. The Morgan fingerprint density at radius 1 is 0.946 bits per heavy atom. The van der Waals surface area contributed by atoms with Gasteiger partial charge in [0, 0.05) is 5.56 Å². The van der Waals surface area contributed by atoms with Crippen molar-refractivity contribution < 1.29 is 18.0 Å². The van der Waals surface area contributed by atoms with Gasteiger partial charge in [-0.3, -0.25) is 9.59 Å². The molecule has 0 aliphatic carbocycles. The lowest BCUT2D eigenvalue weighted by Gasteiger charge is -2.19. The Labute approximate surface area is 211 Å². The molecule has 0 aliphatic heterocycles. The van der Waals surface area contributed by atoms with E-state index in [1.165, 1.54) is 10.6 Å². The Bertz CT molecular complexity index is 1630. The summed E-state index contributed by atoms with van der Waals surface area (Å²) in [5.41, 5.74) is 6.64. The van der Waals surface area contributed by atoms with Gasteiger partial charge in [0.05, 0.1) is 17.8 Å². The zero-order valence-electron chi connectivity index (χ0n) is 20.1. The molecule has 0 spiro atoms. The molecule has 0 saturated heterocycles. The topological polar surface area (TPSA) is 88.9 Å². The number of hydrogen-bond acceptors (Lipinski definition) is 3. The van der Waals surface area contributed by atoms with Gasteiger partial charge in [-0.15, -0.1) is 0 Å². The van der Waals surface area contributed by atoms with Crippen molar-refractivity contribution in [2.24, 2.45) is 5.73 Å². The van der Waals surface area contributed by atoms with Crippen LogP contribution in [0.4, 0.5) is 13.2 Å². The molecular weight excluding hydrogens is 479 g/mol. The Kier molecular flexibility index (Phi) is 6.73. The SMILES string of the molecule is Cc1ccc(Cn2c(-c3cccc(-c4cccc(C(N)=O)c4)c3)cc(C(F)(F)F)c(C#N)c2=O)c(C)c1. The lowest BCUT2D eigenvalue weighted by atomic mass is 9.97. The summed E-state index contributed by atoms with van der Waals surface area (Å²) in [7, 11) is 0. The van der Waals surface area contributed by atoms with E-state index < -0.39 is 28.8 Å². The van der Waals surface area contributed by atoms with Crippen LogP contribution in [-0.4, -0.2) is 10.5 Å². The van der Waals surface area contributed by atoms with Crippen LogP contribution >= 0.6 is 0 Å². The third kappa shape index (κ3) is 5.16. The molecule has 0 bridgehead atoms. The number of halogens is 3. The molecule has 186 valence electrons. The fraction of sp³-hybridized carbons (Fsp3) is 0.138. The molecule has 1 amide bonds. The Balaban J connectivity index is 1.97. The largest absolute Gasteiger partial charge is 0.417 e. The van der Waals surface area contributed by atoms with Gasteiger partial charge in [-0.1, -0.05) is 54.1 Å². The van der Waals surface area contributed by atoms with Crippen LogP contribution in [0.2, 0.25) is 0 Å². The molecule has 5 nitrogen and oxygen atoms in total. The predicted molar refractivity (Wildman–Crippen MR) is 135 cm³/mol. The summed E-state index contributed by atoms with van der Waals surface area (Å²) in [6.07, 6.45) is -4.90. The third-order valence-corrected chi connectivity index (χ3v) is 6.18. The smallest absolute Gasteiger partial charge is 0.366 e. The molecular formula is C29H22F3N3O2. The highest BCUT2D eigenvalue weighted by molar-refractivity contribution is 5.94. The summed E-state index contributed by atoms with van der Waals surface area (Å²) < 4.78 is 42.9. The summed E-state index contributed by atoms with van der Waals surface area (Å²) >= 11 is 0. The molecule has 1 aromatic heterocycles. The minimum Gasteiger partial charge on any atom is -0.366 e. The van der Waals surface area contributed by atoms with Crippen molar-refractivity contribution >= 4 is 5.91 Å². The van der Waals surface area contributed by atoms with Crippen molar-refractivity contribution in [1.29, 1.82) is 5.26 Å². The van der Waals surface area contributed by atoms with E-state index in [1.54, 1.807) is 48.5 Å². The van der Waals surface area contributed by atoms with Crippen LogP contribution in [0.15, 0.2) is 77.6 Å². The first-order valence-corrected chi connectivity index (χ1v) is 11.3. The zero-order chi connectivity index (χ0) is 26.9. The molecule has 0 atom stereocenters. The standard InChI is InChI=1S/C29H22F3N3O2/c1-17-9-10-23(18(2)11-17)16-35-26(14-25(29(30,31)32)24(15-33)28(35)37)21-7-3-5-19(12-21)20-6-4-8-22(13-20)27(34)36/h3-14H,16H2,1-2H3,(H2,34,36). The number of aromatic nitrogens is 1. The molecule has 0 unspecified atom stereocenters. The quantitative estimate of drug-likeness (QED) is 0.373. The van der Waals surface area contributed by atoms with Crippen LogP contribution in [0, 0.1) is 25.2 Å². The second kappa shape index (κ2) is 9.78. The number of hydrogen-bond donors (Lipinski definition) is 1. The number of alkyl halides is 3. The van der Waals surface area contributed by atoms with E-state index in [4.69, 9.17) is 5.73 Å². The molecule has 3 aromatic carbocycles. The number of pyridine rings is 1. The lowest BCUT2D eigenvalue weighted by molar-refractivity contribution is -0.137. The second-order valence-electron chi connectivity index (χ2n) is 8.77. The van der Waals surface area contributed by atoms with Crippen LogP contribution in [0.5, 0.6) is 0 Å². The van der Waals surface area contributed by atoms with Crippen LogP contribution in [0.25, 0.3) is 22.4 Å². The zero-order valence-corrected chi connectivity index (χ0v) is 20.1.